The minimum Gasteiger partial charge on any atom is -0.365 e. The molecule has 0 fully saturated rings. The number of hydrogen-bond acceptors (Lipinski definition) is 3. The molecule has 8 heteroatoms. The Kier molecular flexibility index (Phi) is 5.27. The number of hydrogen-bond donors (Lipinski definition) is 2. The van der Waals surface area contributed by atoms with Crippen molar-refractivity contribution in [3.8, 4) is 0 Å². The summed E-state index contributed by atoms with van der Waals surface area (Å²) in [5.74, 6) is -5.93. The Morgan fingerprint density at radius 2 is 1.86 bits per heavy atom. The molecule has 1 aliphatic carbocycles. The number of amides is 2. The van der Waals surface area contributed by atoms with Crippen molar-refractivity contribution in [1.82, 2.24) is 0 Å². The van der Waals surface area contributed by atoms with Crippen molar-refractivity contribution in [2.45, 2.75) is 40.0 Å². The Morgan fingerprint density at radius 3 is 2.46 bits per heavy atom. The molecular formula is C20H21F3N2O2S. The van der Waals surface area contributed by atoms with Crippen LogP contribution in [0, 0.1) is 28.8 Å². The van der Waals surface area contributed by atoms with Gasteiger partial charge in [-0.3, -0.25) is 9.59 Å². The van der Waals surface area contributed by atoms with Gasteiger partial charge in [0, 0.05) is 4.88 Å². The third-order valence-corrected chi connectivity index (χ3v) is 6.41. The molecule has 3 N–H and O–H groups in total. The van der Waals surface area contributed by atoms with Gasteiger partial charge in [-0.25, -0.2) is 13.2 Å². The number of nitrogens with one attached hydrogen (secondary N) is 1. The molecule has 1 atom stereocenters. The van der Waals surface area contributed by atoms with E-state index in [1.807, 2.05) is 0 Å². The lowest BCUT2D eigenvalue weighted by Crippen LogP contribution is -2.27. The average Bonchev–Trinajstić information content (AvgIpc) is 2.95. The summed E-state index contributed by atoms with van der Waals surface area (Å²) >= 11 is 1.22. The molecule has 2 amide bonds. The fraction of sp³-hybridized carbons (Fsp3) is 0.400. The van der Waals surface area contributed by atoms with Crippen LogP contribution < -0.4 is 11.1 Å². The highest BCUT2D eigenvalue weighted by atomic mass is 32.1. The van der Waals surface area contributed by atoms with Gasteiger partial charge in [-0.15, -0.1) is 11.3 Å². The number of benzene rings is 1. The average molecular weight is 410 g/mol. The summed E-state index contributed by atoms with van der Waals surface area (Å²) in [6.45, 7) is 6.46. The van der Waals surface area contributed by atoms with E-state index in [1.54, 1.807) is 0 Å². The van der Waals surface area contributed by atoms with Gasteiger partial charge in [0.25, 0.3) is 11.8 Å². The summed E-state index contributed by atoms with van der Waals surface area (Å²) in [4.78, 5) is 25.4. The van der Waals surface area contributed by atoms with E-state index in [1.165, 1.54) is 11.3 Å². The molecule has 1 aliphatic rings. The number of anilines is 1. The number of thiophene rings is 1. The van der Waals surface area contributed by atoms with E-state index in [0.29, 0.717) is 18.4 Å². The van der Waals surface area contributed by atoms with E-state index in [4.69, 9.17) is 5.73 Å². The van der Waals surface area contributed by atoms with E-state index in [0.717, 1.165) is 29.3 Å². The minimum atomic E-state index is -1.72. The SMILES string of the molecule is CC(C)(C)C1CCc2c(sc(NC(=O)c3ccc(F)c(F)c3F)c2C(N)=O)C1. The molecule has 0 spiro atoms. The Morgan fingerprint density at radius 1 is 1.18 bits per heavy atom. The molecule has 0 aliphatic heterocycles. The maximum Gasteiger partial charge on any atom is 0.259 e. The van der Waals surface area contributed by atoms with Crippen LogP contribution in [-0.4, -0.2) is 11.8 Å². The number of fused-ring (bicyclic) bond motifs is 1. The van der Waals surface area contributed by atoms with Crippen LogP contribution in [0.25, 0.3) is 0 Å². The first-order valence-corrected chi connectivity index (χ1v) is 9.71. The lowest BCUT2D eigenvalue weighted by molar-refractivity contribution is 0.1000. The van der Waals surface area contributed by atoms with Gasteiger partial charge in [0.05, 0.1) is 11.1 Å². The molecule has 0 radical (unpaired) electrons. The molecule has 1 aromatic carbocycles. The third kappa shape index (κ3) is 3.65. The number of rotatable bonds is 3. The van der Waals surface area contributed by atoms with Crippen LogP contribution in [0.3, 0.4) is 0 Å². The summed E-state index contributed by atoms with van der Waals surface area (Å²) in [5.41, 5.74) is 5.99. The predicted molar refractivity (Wildman–Crippen MR) is 102 cm³/mol. The summed E-state index contributed by atoms with van der Waals surface area (Å²) in [6.07, 6.45) is 2.29. The fourth-order valence-electron chi connectivity index (χ4n) is 3.55. The Bertz CT molecular complexity index is 963. The molecule has 0 saturated heterocycles. The van der Waals surface area contributed by atoms with Crippen molar-refractivity contribution < 1.29 is 22.8 Å². The Balaban J connectivity index is 1.95. The van der Waals surface area contributed by atoms with E-state index in [-0.39, 0.29) is 16.0 Å². The highest BCUT2D eigenvalue weighted by Gasteiger charge is 2.33. The Labute approximate surface area is 164 Å². The van der Waals surface area contributed by atoms with Gasteiger partial charge in [-0.05, 0) is 48.3 Å². The zero-order valence-electron chi connectivity index (χ0n) is 15.8. The first-order valence-electron chi connectivity index (χ1n) is 8.90. The molecule has 0 saturated carbocycles. The second-order valence-corrected chi connectivity index (χ2v) is 9.16. The zero-order chi connectivity index (χ0) is 20.8. The standard InChI is InChI=1S/C20H21F3N2O2S/c1-20(2,3)9-4-5-10-13(8-9)28-19(14(10)17(24)26)25-18(27)11-6-7-12(21)16(23)15(11)22/h6-7,9H,4-5,8H2,1-3H3,(H2,24,26)(H,25,27). The van der Waals surface area contributed by atoms with Crippen molar-refractivity contribution in [3.05, 3.63) is 51.2 Å². The second-order valence-electron chi connectivity index (χ2n) is 8.05. The first kappa shape index (κ1) is 20.4. The zero-order valence-corrected chi connectivity index (χ0v) is 16.6. The van der Waals surface area contributed by atoms with Gasteiger partial charge < -0.3 is 11.1 Å². The summed E-state index contributed by atoms with van der Waals surface area (Å²) in [7, 11) is 0. The van der Waals surface area contributed by atoms with E-state index in [9.17, 15) is 22.8 Å². The second kappa shape index (κ2) is 7.24. The summed E-state index contributed by atoms with van der Waals surface area (Å²) < 4.78 is 40.5. The molecule has 150 valence electrons. The smallest absolute Gasteiger partial charge is 0.259 e. The predicted octanol–water partition coefficient (Wildman–Crippen LogP) is 4.67. The van der Waals surface area contributed by atoms with Gasteiger partial charge in [-0.2, -0.15) is 0 Å². The number of carbonyl (C=O) groups excluding carboxylic acids is 2. The molecule has 1 heterocycles. The van der Waals surface area contributed by atoms with Crippen molar-refractivity contribution in [2.24, 2.45) is 17.1 Å². The summed E-state index contributed by atoms with van der Waals surface area (Å²) in [5, 5.41) is 2.67. The number of halogens is 3. The van der Waals surface area contributed by atoms with Gasteiger partial charge in [0.2, 0.25) is 0 Å². The summed E-state index contributed by atoms with van der Waals surface area (Å²) in [6, 6.07) is 1.53. The maximum atomic E-state index is 13.9. The Hall–Kier alpha value is -2.35. The molecule has 3 rings (SSSR count). The molecule has 1 unspecified atom stereocenters. The van der Waals surface area contributed by atoms with Gasteiger partial charge in [0.1, 0.15) is 5.00 Å². The maximum absolute atomic E-state index is 13.9. The largest absolute Gasteiger partial charge is 0.365 e. The van der Waals surface area contributed by atoms with Crippen LogP contribution in [0.1, 0.15) is 58.3 Å². The van der Waals surface area contributed by atoms with E-state index < -0.39 is 34.8 Å². The van der Waals surface area contributed by atoms with Crippen molar-refractivity contribution in [3.63, 3.8) is 0 Å². The monoisotopic (exact) mass is 410 g/mol. The quantitative estimate of drug-likeness (QED) is 0.722. The first-order chi connectivity index (χ1) is 13.0. The molecule has 4 nitrogen and oxygen atoms in total. The van der Waals surface area contributed by atoms with Gasteiger partial charge >= 0.3 is 0 Å². The third-order valence-electron chi connectivity index (χ3n) is 5.24. The minimum absolute atomic E-state index is 0.0900. The van der Waals surface area contributed by atoms with Crippen LogP contribution in [0.2, 0.25) is 0 Å². The van der Waals surface area contributed by atoms with Crippen LogP contribution in [0.5, 0.6) is 0 Å². The highest BCUT2D eigenvalue weighted by molar-refractivity contribution is 7.17. The van der Waals surface area contributed by atoms with Crippen molar-refractivity contribution in [1.29, 1.82) is 0 Å². The number of primary amides is 1. The van der Waals surface area contributed by atoms with Crippen molar-refractivity contribution >= 4 is 28.2 Å². The van der Waals surface area contributed by atoms with Crippen molar-refractivity contribution in [2.75, 3.05) is 5.32 Å². The normalized spacial score (nSPS) is 16.6. The van der Waals surface area contributed by atoms with E-state index >= 15 is 0 Å². The highest BCUT2D eigenvalue weighted by Crippen LogP contribution is 2.44. The lowest BCUT2D eigenvalue weighted by atomic mass is 9.72. The van der Waals surface area contributed by atoms with Crippen LogP contribution in [0.4, 0.5) is 18.2 Å². The van der Waals surface area contributed by atoms with Gasteiger partial charge in [-0.1, -0.05) is 20.8 Å². The fourth-order valence-corrected chi connectivity index (χ4v) is 4.87. The molecule has 28 heavy (non-hydrogen) atoms. The lowest BCUT2D eigenvalue weighted by Gasteiger charge is -2.33. The van der Waals surface area contributed by atoms with Crippen LogP contribution >= 0.6 is 11.3 Å². The molecule has 2 aromatic rings. The van der Waals surface area contributed by atoms with Crippen LogP contribution in [0.15, 0.2) is 12.1 Å². The number of nitrogens with two attached hydrogens (primary N) is 1. The number of carbonyl (C=O) groups is 2. The van der Waals surface area contributed by atoms with E-state index in [2.05, 4.69) is 26.1 Å². The molecular weight excluding hydrogens is 389 g/mol. The van der Waals surface area contributed by atoms with Gasteiger partial charge in [0.15, 0.2) is 17.5 Å². The topological polar surface area (TPSA) is 72.2 Å². The molecule has 1 aromatic heterocycles. The molecule has 0 bridgehead atoms. The van der Waals surface area contributed by atoms with Crippen LogP contribution in [-0.2, 0) is 12.8 Å².